The first-order valence-electron chi connectivity index (χ1n) is 6.47. The highest BCUT2D eigenvalue weighted by Gasteiger charge is 2.39. The minimum absolute atomic E-state index is 0.188. The van der Waals surface area contributed by atoms with E-state index in [4.69, 9.17) is 0 Å². The van der Waals surface area contributed by atoms with E-state index in [1.54, 1.807) is 0 Å². The van der Waals surface area contributed by atoms with Crippen molar-refractivity contribution in [2.75, 3.05) is 6.54 Å². The minimum atomic E-state index is -4.47. The molecule has 20 heavy (non-hydrogen) atoms. The van der Waals surface area contributed by atoms with E-state index < -0.39 is 11.9 Å². The Hall–Kier alpha value is -1.79. The molecule has 1 amide bonds. The molecule has 7 heteroatoms. The molecule has 1 aliphatic carbocycles. The lowest BCUT2D eigenvalue weighted by Gasteiger charge is -2.14. The molecule has 110 valence electrons. The Kier molecular flexibility index (Phi) is 4.15. The fourth-order valence-electron chi connectivity index (χ4n) is 2.41. The standard InChI is InChI=1S/C13H16F3N3O/c1-2-7-17-11(20)8-19-10-6-4-3-5-9(10)12(18-19)13(14,15)16/h2H,1,3-8H2,(H,17,20). The predicted molar refractivity (Wildman–Crippen MR) is 67.1 cm³/mol. The van der Waals surface area contributed by atoms with E-state index in [1.165, 1.54) is 10.8 Å². The summed E-state index contributed by atoms with van der Waals surface area (Å²) in [5, 5.41) is 6.15. The van der Waals surface area contributed by atoms with Gasteiger partial charge in [-0.05, 0) is 25.7 Å². The summed E-state index contributed by atoms with van der Waals surface area (Å²) in [5.74, 6) is -0.366. The van der Waals surface area contributed by atoms with Crippen LogP contribution < -0.4 is 5.32 Å². The topological polar surface area (TPSA) is 46.9 Å². The van der Waals surface area contributed by atoms with Crippen LogP contribution in [-0.2, 0) is 30.4 Å². The Labute approximate surface area is 114 Å². The quantitative estimate of drug-likeness (QED) is 0.862. The zero-order valence-corrected chi connectivity index (χ0v) is 11.0. The Morgan fingerprint density at radius 3 is 2.75 bits per heavy atom. The number of hydrogen-bond donors (Lipinski definition) is 1. The van der Waals surface area contributed by atoms with Gasteiger partial charge in [0.05, 0.1) is 0 Å². The van der Waals surface area contributed by atoms with Crippen molar-refractivity contribution < 1.29 is 18.0 Å². The number of nitrogens with zero attached hydrogens (tertiary/aromatic N) is 2. The maximum absolute atomic E-state index is 12.9. The van der Waals surface area contributed by atoms with Gasteiger partial charge in [0.15, 0.2) is 5.69 Å². The van der Waals surface area contributed by atoms with Gasteiger partial charge in [-0.1, -0.05) is 6.08 Å². The molecule has 0 saturated carbocycles. The zero-order chi connectivity index (χ0) is 14.8. The van der Waals surface area contributed by atoms with Gasteiger partial charge in [0.1, 0.15) is 6.54 Å². The molecule has 4 nitrogen and oxygen atoms in total. The summed E-state index contributed by atoms with van der Waals surface area (Å²) in [7, 11) is 0. The highest BCUT2D eigenvalue weighted by atomic mass is 19.4. The predicted octanol–water partition coefficient (Wildman–Crippen LogP) is 2.08. The summed E-state index contributed by atoms with van der Waals surface area (Å²) in [4.78, 5) is 11.6. The Bertz CT molecular complexity index is 520. The van der Waals surface area contributed by atoms with E-state index in [2.05, 4.69) is 17.0 Å². The number of carbonyl (C=O) groups is 1. The highest BCUT2D eigenvalue weighted by Crippen LogP contribution is 2.35. The minimum Gasteiger partial charge on any atom is -0.351 e. The average molecular weight is 287 g/mol. The maximum Gasteiger partial charge on any atom is 0.435 e. The lowest BCUT2D eigenvalue weighted by molar-refractivity contribution is -0.142. The van der Waals surface area contributed by atoms with Crippen molar-refractivity contribution in [2.45, 2.75) is 38.4 Å². The number of alkyl halides is 3. The molecular weight excluding hydrogens is 271 g/mol. The SMILES string of the molecule is C=CCNC(=O)Cn1nc(C(F)(F)F)c2c1CCCC2. The molecule has 1 N–H and O–H groups in total. The molecule has 0 atom stereocenters. The van der Waals surface area contributed by atoms with E-state index in [9.17, 15) is 18.0 Å². The largest absolute Gasteiger partial charge is 0.435 e. The summed E-state index contributed by atoms with van der Waals surface area (Å²) >= 11 is 0. The lowest BCUT2D eigenvalue weighted by Crippen LogP contribution is -2.29. The van der Waals surface area contributed by atoms with Crippen LogP contribution in [0.1, 0.15) is 29.8 Å². The molecular formula is C13H16F3N3O. The van der Waals surface area contributed by atoms with Gasteiger partial charge >= 0.3 is 6.18 Å². The lowest BCUT2D eigenvalue weighted by atomic mass is 9.95. The summed E-state index contributed by atoms with van der Waals surface area (Å²) in [6.07, 6.45) is -0.498. The van der Waals surface area contributed by atoms with E-state index in [0.717, 1.165) is 12.8 Å². The molecule has 0 radical (unpaired) electrons. The van der Waals surface area contributed by atoms with Gasteiger partial charge in [-0.3, -0.25) is 9.48 Å². The molecule has 0 fully saturated rings. The Morgan fingerprint density at radius 1 is 1.40 bits per heavy atom. The number of fused-ring (bicyclic) bond motifs is 1. The molecule has 0 spiro atoms. The first kappa shape index (κ1) is 14.6. The van der Waals surface area contributed by atoms with Crippen molar-refractivity contribution in [1.29, 1.82) is 0 Å². The Morgan fingerprint density at radius 2 is 2.10 bits per heavy atom. The molecule has 0 unspecified atom stereocenters. The fourth-order valence-corrected chi connectivity index (χ4v) is 2.41. The van der Waals surface area contributed by atoms with Crippen LogP contribution in [0.4, 0.5) is 13.2 Å². The van der Waals surface area contributed by atoms with Crippen LogP contribution in [0.5, 0.6) is 0 Å². The molecule has 0 saturated heterocycles. The molecule has 0 aliphatic heterocycles. The van der Waals surface area contributed by atoms with Crippen molar-refractivity contribution in [2.24, 2.45) is 0 Å². The third-order valence-electron chi connectivity index (χ3n) is 3.26. The smallest absolute Gasteiger partial charge is 0.351 e. The summed E-state index contributed by atoms with van der Waals surface area (Å²) in [5.41, 5.74) is -0.0543. The molecule has 1 aromatic heterocycles. The number of hydrogen-bond acceptors (Lipinski definition) is 2. The number of rotatable bonds is 4. The van der Waals surface area contributed by atoms with Crippen molar-refractivity contribution in [3.05, 3.63) is 29.6 Å². The van der Waals surface area contributed by atoms with Crippen molar-refractivity contribution in [1.82, 2.24) is 15.1 Å². The number of nitrogens with one attached hydrogen (secondary N) is 1. The first-order chi connectivity index (χ1) is 9.43. The van der Waals surface area contributed by atoms with Crippen LogP contribution in [0.25, 0.3) is 0 Å². The second kappa shape index (κ2) is 5.68. The zero-order valence-electron chi connectivity index (χ0n) is 11.0. The average Bonchev–Trinajstić information content (AvgIpc) is 2.75. The third kappa shape index (κ3) is 3.02. The van der Waals surface area contributed by atoms with Crippen molar-refractivity contribution in [3.63, 3.8) is 0 Å². The van der Waals surface area contributed by atoms with Crippen LogP contribution >= 0.6 is 0 Å². The normalized spacial score (nSPS) is 14.8. The molecule has 2 rings (SSSR count). The van der Waals surface area contributed by atoms with Gasteiger partial charge in [0.2, 0.25) is 5.91 Å². The third-order valence-corrected chi connectivity index (χ3v) is 3.26. The molecule has 1 aromatic rings. The van der Waals surface area contributed by atoms with E-state index in [-0.39, 0.29) is 24.6 Å². The van der Waals surface area contributed by atoms with Crippen LogP contribution in [0, 0.1) is 0 Å². The monoisotopic (exact) mass is 287 g/mol. The molecule has 0 aromatic carbocycles. The maximum atomic E-state index is 12.9. The van der Waals surface area contributed by atoms with Gasteiger partial charge in [0, 0.05) is 17.8 Å². The van der Waals surface area contributed by atoms with E-state index in [0.29, 0.717) is 18.5 Å². The van der Waals surface area contributed by atoms with Crippen LogP contribution in [0.15, 0.2) is 12.7 Å². The first-order valence-corrected chi connectivity index (χ1v) is 6.47. The number of carbonyl (C=O) groups excluding carboxylic acids is 1. The van der Waals surface area contributed by atoms with E-state index in [1.807, 2.05) is 0 Å². The van der Waals surface area contributed by atoms with Gasteiger partial charge < -0.3 is 5.32 Å². The summed E-state index contributed by atoms with van der Waals surface area (Å²) in [6.45, 7) is 3.56. The van der Waals surface area contributed by atoms with Gasteiger partial charge in [-0.15, -0.1) is 6.58 Å². The van der Waals surface area contributed by atoms with Crippen LogP contribution in [0.2, 0.25) is 0 Å². The van der Waals surface area contributed by atoms with Gasteiger partial charge in [-0.25, -0.2) is 0 Å². The van der Waals surface area contributed by atoms with Gasteiger partial charge in [0.25, 0.3) is 0 Å². The number of amides is 1. The van der Waals surface area contributed by atoms with E-state index >= 15 is 0 Å². The Balaban J connectivity index is 2.27. The summed E-state index contributed by atoms with van der Waals surface area (Å²) in [6, 6.07) is 0. The second-order valence-corrected chi connectivity index (χ2v) is 4.73. The second-order valence-electron chi connectivity index (χ2n) is 4.73. The highest BCUT2D eigenvalue weighted by molar-refractivity contribution is 5.75. The van der Waals surface area contributed by atoms with Crippen LogP contribution in [0.3, 0.4) is 0 Å². The van der Waals surface area contributed by atoms with Crippen molar-refractivity contribution in [3.8, 4) is 0 Å². The molecule has 0 bridgehead atoms. The fraction of sp³-hybridized carbons (Fsp3) is 0.538. The molecule has 1 aliphatic rings. The number of halogens is 3. The van der Waals surface area contributed by atoms with Gasteiger partial charge in [-0.2, -0.15) is 18.3 Å². The molecule has 1 heterocycles. The van der Waals surface area contributed by atoms with Crippen LogP contribution in [-0.4, -0.2) is 22.2 Å². The van der Waals surface area contributed by atoms with Crippen molar-refractivity contribution >= 4 is 5.91 Å². The number of aromatic nitrogens is 2. The summed E-state index contributed by atoms with van der Waals surface area (Å²) < 4.78 is 40.0.